The van der Waals surface area contributed by atoms with Gasteiger partial charge in [0.1, 0.15) is 5.75 Å². The van der Waals surface area contributed by atoms with Crippen molar-refractivity contribution in [1.29, 1.82) is 0 Å². The van der Waals surface area contributed by atoms with E-state index in [0.717, 1.165) is 23.7 Å². The monoisotopic (exact) mass is 306 g/mol. The van der Waals surface area contributed by atoms with Crippen LogP contribution in [-0.2, 0) is 0 Å². The van der Waals surface area contributed by atoms with Crippen LogP contribution >= 0.6 is 0 Å². The summed E-state index contributed by atoms with van der Waals surface area (Å²) < 4.78 is 5.36. The molecule has 0 aromatic heterocycles. The zero-order valence-electron chi connectivity index (χ0n) is 15.4. The minimum atomic E-state index is 0.230. The van der Waals surface area contributed by atoms with Gasteiger partial charge in [-0.05, 0) is 41.9 Å². The van der Waals surface area contributed by atoms with E-state index in [4.69, 9.17) is 9.84 Å². The summed E-state index contributed by atoms with van der Waals surface area (Å²) in [4.78, 5) is 0. The van der Waals surface area contributed by atoms with E-state index in [1.165, 1.54) is 5.56 Å². The Labute approximate surface area is 137 Å². The van der Waals surface area contributed by atoms with Crippen molar-refractivity contribution >= 4 is 6.08 Å². The van der Waals surface area contributed by atoms with Gasteiger partial charge in [0.25, 0.3) is 0 Å². The Hall–Kier alpha value is -1.28. The lowest BCUT2D eigenvalue weighted by Crippen LogP contribution is -1.97. The molecule has 0 aliphatic carbocycles. The number of ether oxygens (including phenoxy) is 1. The summed E-state index contributed by atoms with van der Waals surface area (Å²) in [5.74, 6) is 2.55. The van der Waals surface area contributed by atoms with Crippen LogP contribution in [0.3, 0.4) is 0 Å². The van der Waals surface area contributed by atoms with E-state index in [0.29, 0.717) is 11.8 Å². The first-order chi connectivity index (χ1) is 10.3. The summed E-state index contributed by atoms with van der Waals surface area (Å²) in [5, 5.41) is 8.99. The molecule has 0 aliphatic rings. The predicted molar refractivity (Wildman–Crippen MR) is 97.5 cm³/mol. The summed E-state index contributed by atoms with van der Waals surface area (Å²) >= 11 is 0. The Balaban J connectivity index is 0.000000980. The average molecular weight is 306 g/mol. The number of aliphatic hydroxyl groups excluding tert-OH is 1. The second kappa shape index (κ2) is 11.3. The van der Waals surface area contributed by atoms with Crippen molar-refractivity contribution in [2.24, 2.45) is 11.8 Å². The van der Waals surface area contributed by atoms with Crippen molar-refractivity contribution in [2.75, 3.05) is 13.7 Å². The molecule has 0 aliphatic heterocycles. The highest BCUT2D eigenvalue weighted by molar-refractivity contribution is 5.58. The van der Waals surface area contributed by atoms with Crippen LogP contribution in [0.2, 0.25) is 0 Å². The number of benzene rings is 1. The topological polar surface area (TPSA) is 29.5 Å². The van der Waals surface area contributed by atoms with E-state index in [1.54, 1.807) is 7.11 Å². The lowest BCUT2D eigenvalue weighted by Gasteiger charge is -2.10. The number of methoxy groups -OCH3 is 1. The molecule has 0 saturated carbocycles. The van der Waals surface area contributed by atoms with Gasteiger partial charge in [0.05, 0.1) is 7.11 Å². The lowest BCUT2D eigenvalue weighted by atomic mass is 9.99. The molecule has 0 amide bonds. The maximum absolute atomic E-state index is 8.99. The summed E-state index contributed by atoms with van der Waals surface area (Å²) in [7, 11) is 1.69. The largest absolute Gasteiger partial charge is 0.496 e. The van der Waals surface area contributed by atoms with E-state index in [9.17, 15) is 0 Å². The molecule has 126 valence electrons. The molecule has 0 fully saturated rings. The molecular formula is C20H34O2. The first kappa shape index (κ1) is 20.7. The van der Waals surface area contributed by atoms with Gasteiger partial charge in [-0.25, -0.2) is 0 Å². The minimum absolute atomic E-state index is 0.230. The van der Waals surface area contributed by atoms with Crippen LogP contribution in [-0.4, -0.2) is 18.8 Å². The SMILES string of the molecule is CC(C)C.COc1ccc(C(C)C)cc1/C=C/C[C@@H](C)CO. The van der Waals surface area contributed by atoms with Crippen LogP contribution in [0.25, 0.3) is 6.08 Å². The molecule has 2 nitrogen and oxygen atoms in total. The summed E-state index contributed by atoms with van der Waals surface area (Å²) in [6, 6.07) is 6.30. The van der Waals surface area contributed by atoms with Crippen molar-refractivity contribution in [3.63, 3.8) is 0 Å². The Kier molecular flexibility index (Phi) is 10.7. The standard InChI is InChI=1S/C16H24O2.C4H10/c1-12(2)14-8-9-16(18-4)15(10-14)7-5-6-13(3)11-17;1-4(2)3/h5,7-10,12-13,17H,6,11H2,1-4H3;4H,1-3H3/b7-5+;/t13-;/m1./s1. The summed E-state index contributed by atoms with van der Waals surface area (Å²) in [6.45, 7) is 13.1. The molecule has 1 atom stereocenters. The van der Waals surface area contributed by atoms with E-state index >= 15 is 0 Å². The molecule has 0 heterocycles. The molecule has 1 aromatic carbocycles. The second-order valence-corrected chi connectivity index (χ2v) is 6.81. The second-order valence-electron chi connectivity index (χ2n) is 6.81. The van der Waals surface area contributed by atoms with Crippen molar-refractivity contribution in [2.45, 2.75) is 53.9 Å². The number of hydrogen-bond acceptors (Lipinski definition) is 2. The Morgan fingerprint density at radius 2 is 1.68 bits per heavy atom. The molecule has 22 heavy (non-hydrogen) atoms. The van der Waals surface area contributed by atoms with Crippen LogP contribution < -0.4 is 4.74 Å². The van der Waals surface area contributed by atoms with Crippen molar-refractivity contribution in [3.8, 4) is 5.75 Å². The van der Waals surface area contributed by atoms with Crippen LogP contribution in [0, 0.1) is 11.8 Å². The Bertz CT molecular complexity index is 431. The van der Waals surface area contributed by atoms with Gasteiger partial charge < -0.3 is 9.84 Å². The summed E-state index contributed by atoms with van der Waals surface area (Å²) in [6.07, 6.45) is 5.06. The number of hydrogen-bond donors (Lipinski definition) is 1. The van der Waals surface area contributed by atoms with Crippen LogP contribution in [0.4, 0.5) is 0 Å². The van der Waals surface area contributed by atoms with Crippen LogP contribution in [0.15, 0.2) is 24.3 Å². The molecule has 1 rings (SSSR count). The van der Waals surface area contributed by atoms with Gasteiger partial charge in [0.15, 0.2) is 0 Å². The zero-order valence-corrected chi connectivity index (χ0v) is 15.4. The molecule has 0 saturated heterocycles. The van der Waals surface area contributed by atoms with Crippen LogP contribution in [0.5, 0.6) is 5.75 Å². The molecule has 1 N–H and O–H groups in total. The molecule has 0 radical (unpaired) electrons. The number of aliphatic hydroxyl groups is 1. The molecule has 0 unspecified atom stereocenters. The fraction of sp³-hybridized carbons (Fsp3) is 0.600. The molecule has 0 bridgehead atoms. The normalized spacial score (nSPS) is 12.5. The summed E-state index contributed by atoms with van der Waals surface area (Å²) in [5.41, 5.74) is 2.42. The third kappa shape index (κ3) is 8.89. The highest BCUT2D eigenvalue weighted by atomic mass is 16.5. The van der Waals surface area contributed by atoms with Gasteiger partial charge in [-0.3, -0.25) is 0 Å². The quantitative estimate of drug-likeness (QED) is 0.750. The predicted octanol–water partition coefficient (Wildman–Crippen LogP) is 5.51. The number of rotatable bonds is 6. The highest BCUT2D eigenvalue weighted by Gasteiger charge is 2.04. The van der Waals surface area contributed by atoms with E-state index in [1.807, 2.05) is 13.0 Å². The smallest absolute Gasteiger partial charge is 0.126 e. The van der Waals surface area contributed by atoms with Crippen LogP contribution in [0.1, 0.15) is 65.0 Å². The van der Waals surface area contributed by atoms with E-state index in [2.05, 4.69) is 58.9 Å². The zero-order chi connectivity index (χ0) is 17.1. The van der Waals surface area contributed by atoms with Gasteiger partial charge in [-0.1, -0.05) is 59.8 Å². The number of allylic oxidation sites excluding steroid dienone is 1. The molecule has 0 spiro atoms. The molecule has 2 heteroatoms. The molecule has 1 aromatic rings. The Morgan fingerprint density at radius 1 is 1.09 bits per heavy atom. The van der Waals surface area contributed by atoms with E-state index in [-0.39, 0.29) is 6.61 Å². The van der Waals surface area contributed by atoms with Gasteiger partial charge in [-0.2, -0.15) is 0 Å². The highest BCUT2D eigenvalue weighted by Crippen LogP contribution is 2.25. The van der Waals surface area contributed by atoms with Crippen molar-refractivity contribution < 1.29 is 9.84 Å². The van der Waals surface area contributed by atoms with Crippen molar-refractivity contribution in [1.82, 2.24) is 0 Å². The van der Waals surface area contributed by atoms with E-state index < -0.39 is 0 Å². The van der Waals surface area contributed by atoms with Gasteiger partial charge >= 0.3 is 0 Å². The fourth-order valence-corrected chi connectivity index (χ4v) is 1.74. The van der Waals surface area contributed by atoms with Gasteiger partial charge in [0, 0.05) is 12.2 Å². The molecular weight excluding hydrogens is 272 g/mol. The average Bonchev–Trinajstić information content (AvgIpc) is 2.46. The third-order valence-electron chi connectivity index (χ3n) is 3.07. The maximum Gasteiger partial charge on any atom is 0.126 e. The maximum atomic E-state index is 8.99. The van der Waals surface area contributed by atoms with Gasteiger partial charge in [0.2, 0.25) is 0 Å². The first-order valence-corrected chi connectivity index (χ1v) is 8.27. The Morgan fingerprint density at radius 3 is 2.14 bits per heavy atom. The fourth-order valence-electron chi connectivity index (χ4n) is 1.74. The third-order valence-corrected chi connectivity index (χ3v) is 3.07. The minimum Gasteiger partial charge on any atom is -0.496 e. The van der Waals surface area contributed by atoms with Gasteiger partial charge in [-0.15, -0.1) is 0 Å². The lowest BCUT2D eigenvalue weighted by molar-refractivity contribution is 0.239. The first-order valence-electron chi connectivity index (χ1n) is 8.27. The van der Waals surface area contributed by atoms with Crippen molar-refractivity contribution in [3.05, 3.63) is 35.4 Å².